The van der Waals surface area contributed by atoms with Gasteiger partial charge in [0.1, 0.15) is 17.4 Å². The number of thiazole rings is 1. The van der Waals surface area contributed by atoms with Gasteiger partial charge in [-0.05, 0) is 12.1 Å². The predicted octanol–water partition coefficient (Wildman–Crippen LogP) is 4.96. The van der Waals surface area contributed by atoms with E-state index in [-0.39, 0.29) is 22.9 Å². The molecule has 1 heterocycles. The van der Waals surface area contributed by atoms with Crippen molar-refractivity contribution in [3.8, 4) is 10.6 Å². The molecular formula is C17H11ClFNO2S. The summed E-state index contributed by atoms with van der Waals surface area (Å²) in [5.74, 6) is -1.11. The van der Waals surface area contributed by atoms with Crippen molar-refractivity contribution in [3.63, 3.8) is 0 Å². The first kappa shape index (κ1) is 15.6. The van der Waals surface area contributed by atoms with Crippen LogP contribution in [0.1, 0.15) is 16.1 Å². The van der Waals surface area contributed by atoms with Gasteiger partial charge in [0.15, 0.2) is 5.69 Å². The molecule has 3 aromatic rings. The van der Waals surface area contributed by atoms with Crippen molar-refractivity contribution in [2.24, 2.45) is 0 Å². The molecule has 0 amide bonds. The van der Waals surface area contributed by atoms with Gasteiger partial charge in [-0.1, -0.05) is 48.0 Å². The highest BCUT2D eigenvalue weighted by Crippen LogP contribution is 2.24. The molecule has 0 fully saturated rings. The van der Waals surface area contributed by atoms with Crippen LogP contribution >= 0.6 is 22.9 Å². The minimum atomic E-state index is -0.609. The third-order valence-corrected chi connectivity index (χ3v) is 4.39. The van der Waals surface area contributed by atoms with Crippen molar-refractivity contribution in [3.05, 3.63) is 76.0 Å². The first-order chi connectivity index (χ1) is 11.1. The zero-order chi connectivity index (χ0) is 16.2. The van der Waals surface area contributed by atoms with Crippen LogP contribution in [-0.2, 0) is 11.3 Å². The molecule has 6 heteroatoms. The monoisotopic (exact) mass is 347 g/mol. The number of halogens is 2. The van der Waals surface area contributed by atoms with E-state index < -0.39 is 11.8 Å². The molecule has 3 rings (SSSR count). The van der Waals surface area contributed by atoms with Gasteiger partial charge in [0.2, 0.25) is 0 Å². The van der Waals surface area contributed by atoms with E-state index in [2.05, 4.69) is 4.98 Å². The first-order valence-corrected chi connectivity index (χ1v) is 8.02. The molecule has 0 aliphatic rings. The van der Waals surface area contributed by atoms with Gasteiger partial charge in [0, 0.05) is 16.5 Å². The second kappa shape index (κ2) is 6.89. The summed E-state index contributed by atoms with van der Waals surface area (Å²) in [6, 6.07) is 13.8. The first-order valence-electron chi connectivity index (χ1n) is 6.76. The molecule has 0 atom stereocenters. The maximum Gasteiger partial charge on any atom is 0.358 e. The molecule has 0 saturated carbocycles. The highest BCUT2D eigenvalue weighted by Gasteiger charge is 2.15. The van der Waals surface area contributed by atoms with E-state index in [1.165, 1.54) is 23.5 Å². The van der Waals surface area contributed by atoms with Crippen LogP contribution in [0.2, 0.25) is 5.02 Å². The molecule has 0 bridgehead atoms. The largest absolute Gasteiger partial charge is 0.456 e. The number of carbonyl (C=O) groups is 1. The SMILES string of the molecule is O=C(OCc1c(F)cccc1Cl)c1csc(-c2ccccc2)n1. The topological polar surface area (TPSA) is 39.2 Å². The van der Waals surface area contributed by atoms with Crippen LogP contribution in [0.3, 0.4) is 0 Å². The Morgan fingerprint density at radius 2 is 1.96 bits per heavy atom. The normalized spacial score (nSPS) is 10.5. The van der Waals surface area contributed by atoms with Crippen LogP contribution in [0.15, 0.2) is 53.9 Å². The van der Waals surface area contributed by atoms with Gasteiger partial charge < -0.3 is 4.74 Å². The summed E-state index contributed by atoms with van der Waals surface area (Å²) in [6.07, 6.45) is 0. The standard InChI is InChI=1S/C17H11ClFNO2S/c18-13-7-4-8-14(19)12(13)9-22-17(21)15-10-23-16(20-15)11-5-2-1-3-6-11/h1-8,10H,9H2. The zero-order valence-corrected chi connectivity index (χ0v) is 13.4. The number of aromatic nitrogens is 1. The number of hydrogen-bond acceptors (Lipinski definition) is 4. The highest BCUT2D eigenvalue weighted by molar-refractivity contribution is 7.13. The average molecular weight is 348 g/mol. The molecule has 0 aliphatic heterocycles. The Bertz CT molecular complexity index is 815. The van der Waals surface area contributed by atoms with Crippen molar-refractivity contribution in [2.75, 3.05) is 0 Å². The molecule has 116 valence electrons. The van der Waals surface area contributed by atoms with Crippen LogP contribution in [0.25, 0.3) is 10.6 Å². The lowest BCUT2D eigenvalue weighted by Crippen LogP contribution is -2.07. The van der Waals surface area contributed by atoms with E-state index in [9.17, 15) is 9.18 Å². The van der Waals surface area contributed by atoms with Crippen molar-refractivity contribution in [1.82, 2.24) is 4.98 Å². The number of rotatable bonds is 4. The summed E-state index contributed by atoms with van der Waals surface area (Å²) >= 11 is 7.25. The minimum Gasteiger partial charge on any atom is -0.456 e. The van der Waals surface area contributed by atoms with Gasteiger partial charge in [0.25, 0.3) is 0 Å². The van der Waals surface area contributed by atoms with Crippen LogP contribution in [0, 0.1) is 5.82 Å². The van der Waals surface area contributed by atoms with Crippen molar-refractivity contribution < 1.29 is 13.9 Å². The van der Waals surface area contributed by atoms with Crippen LogP contribution in [0.4, 0.5) is 4.39 Å². The van der Waals surface area contributed by atoms with E-state index in [1.54, 1.807) is 11.4 Å². The number of ether oxygens (including phenoxy) is 1. The Labute approximate surface area is 141 Å². The van der Waals surface area contributed by atoms with Crippen LogP contribution < -0.4 is 0 Å². The number of hydrogen-bond donors (Lipinski definition) is 0. The van der Waals surface area contributed by atoms with Gasteiger partial charge in [-0.25, -0.2) is 14.2 Å². The number of benzene rings is 2. The lowest BCUT2D eigenvalue weighted by atomic mass is 10.2. The third-order valence-electron chi connectivity index (χ3n) is 3.14. The molecule has 1 aromatic heterocycles. The molecule has 0 unspecified atom stereocenters. The van der Waals surface area contributed by atoms with Gasteiger partial charge in [-0.15, -0.1) is 11.3 Å². The van der Waals surface area contributed by atoms with E-state index in [0.717, 1.165) is 10.6 Å². The molecule has 0 radical (unpaired) electrons. The average Bonchev–Trinajstić information content (AvgIpc) is 3.05. The van der Waals surface area contributed by atoms with Gasteiger partial charge in [0.05, 0.1) is 5.02 Å². The van der Waals surface area contributed by atoms with E-state index >= 15 is 0 Å². The van der Waals surface area contributed by atoms with E-state index in [4.69, 9.17) is 16.3 Å². The number of nitrogens with zero attached hydrogens (tertiary/aromatic N) is 1. The fourth-order valence-corrected chi connectivity index (χ4v) is 2.98. The van der Waals surface area contributed by atoms with Gasteiger partial charge >= 0.3 is 5.97 Å². The fourth-order valence-electron chi connectivity index (χ4n) is 1.96. The summed E-state index contributed by atoms with van der Waals surface area (Å²) in [6.45, 7) is -0.234. The maximum atomic E-state index is 13.6. The third kappa shape index (κ3) is 3.57. The molecule has 2 aromatic carbocycles. The van der Waals surface area contributed by atoms with E-state index in [0.29, 0.717) is 0 Å². The lowest BCUT2D eigenvalue weighted by molar-refractivity contribution is 0.0463. The summed E-state index contributed by atoms with van der Waals surface area (Å²) in [5.41, 5.74) is 1.27. The second-order valence-electron chi connectivity index (χ2n) is 4.68. The second-order valence-corrected chi connectivity index (χ2v) is 5.95. The Morgan fingerprint density at radius 3 is 2.70 bits per heavy atom. The predicted molar refractivity (Wildman–Crippen MR) is 88.1 cm³/mol. The zero-order valence-electron chi connectivity index (χ0n) is 11.8. The lowest BCUT2D eigenvalue weighted by Gasteiger charge is -2.06. The summed E-state index contributed by atoms with van der Waals surface area (Å²) in [4.78, 5) is 16.3. The molecule has 0 spiro atoms. The Morgan fingerprint density at radius 1 is 1.17 bits per heavy atom. The molecule has 0 aliphatic carbocycles. The van der Waals surface area contributed by atoms with E-state index in [1.807, 2.05) is 30.3 Å². The van der Waals surface area contributed by atoms with Crippen molar-refractivity contribution in [2.45, 2.75) is 6.61 Å². The Hall–Kier alpha value is -2.24. The Kier molecular flexibility index (Phi) is 4.69. The van der Waals surface area contributed by atoms with Crippen molar-refractivity contribution >= 4 is 28.9 Å². The summed E-state index contributed by atoms with van der Waals surface area (Å²) in [5, 5.41) is 2.57. The molecule has 0 N–H and O–H groups in total. The fraction of sp³-hybridized carbons (Fsp3) is 0.0588. The number of esters is 1. The highest BCUT2D eigenvalue weighted by atomic mass is 35.5. The smallest absolute Gasteiger partial charge is 0.358 e. The maximum absolute atomic E-state index is 13.6. The Balaban J connectivity index is 1.71. The van der Waals surface area contributed by atoms with Gasteiger partial charge in [-0.2, -0.15) is 0 Å². The molecule has 3 nitrogen and oxygen atoms in total. The molecular weight excluding hydrogens is 337 g/mol. The molecule has 23 heavy (non-hydrogen) atoms. The summed E-state index contributed by atoms with van der Waals surface area (Å²) in [7, 11) is 0. The van der Waals surface area contributed by atoms with Crippen LogP contribution in [-0.4, -0.2) is 11.0 Å². The summed E-state index contributed by atoms with van der Waals surface area (Å²) < 4.78 is 18.7. The quantitative estimate of drug-likeness (QED) is 0.626. The van der Waals surface area contributed by atoms with Gasteiger partial charge in [-0.3, -0.25) is 0 Å². The van der Waals surface area contributed by atoms with Crippen molar-refractivity contribution in [1.29, 1.82) is 0 Å². The molecule has 0 saturated heterocycles. The van der Waals surface area contributed by atoms with Crippen LogP contribution in [0.5, 0.6) is 0 Å². The minimum absolute atomic E-state index is 0.154. The number of carbonyl (C=O) groups excluding carboxylic acids is 1.